The third-order valence-corrected chi connectivity index (χ3v) is 3.37. The maximum absolute atomic E-state index is 12.1. The lowest BCUT2D eigenvalue weighted by atomic mass is 9.81. The van der Waals surface area contributed by atoms with Crippen molar-refractivity contribution in [2.75, 3.05) is 13.2 Å². The molecular formula is C12H16N4O2. The van der Waals surface area contributed by atoms with Gasteiger partial charge in [-0.25, -0.2) is 0 Å². The summed E-state index contributed by atoms with van der Waals surface area (Å²) < 4.78 is 5.20. The molecule has 0 unspecified atom stereocenters. The molecule has 1 aromatic rings. The fourth-order valence-corrected chi connectivity index (χ4v) is 2.01. The standard InChI is InChI=1S/C12H16N4O2/c1-9-10(7-15-16-9)6-14-11(17)12(8-13)2-4-18-5-3-12/h7H,2-6H2,1H3,(H,14,17)(H,15,16). The van der Waals surface area contributed by atoms with Gasteiger partial charge in [0.2, 0.25) is 5.91 Å². The fourth-order valence-electron chi connectivity index (χ4n) is 2.01. The number of aromatic amines is 1. The highest BCUT2D eigenvalue weighted by Crippen LogP contribution is 2.29. The summed E-state index contributed by atoms with van der Waals surface area (Å²) in [4.78, 5) is 12.1. The van der Waals surface area contributed by atoms with Gasteiger partial charge in [0.1, 0.15) is 5.41 Å². The molecule has 6 nitrogen and oxygen atoms in total. The van der Waals surface area contributed by atoms with Crippen LogP contribution >= 0.6 is 0 Å². The third-order valence-electron chi connectivity index (χ3n) is 3.37. The van der Waals surface area contributed by atoms with Crippen molar-refractivity contribution in [3.63, 3.8) is 0 Å². The van der Waals surface area contributed by atoms with Crippen LogP contribution in [-0.2, 0) is 16.1 Å². The number of carbonyl (C=O) groups excluding carboxylic acids is 1. The van der Waals surface area contributed by atoms with Crippen LogP contribution in [-0.4, -0.2) is 29.3 Å². The molecule has 1 saturated heterocycles. The van der Waals surface area contributed by atoms with Crippen LogP contribution in [0.25, 0.3) is 0 Å². The number of nitriles is 1. The van der Waals surface area contributed by atoms with E-state index in [9.17, 15) is 10.1 Å². The smallest absolute Gasteiger partial charge is 0.240 e. The molecule has 0 radical (unpaired) electrons. The number of rotatable bonds is 3. The molecule has 2 rings (SSSR count). The van der Waals surface area contributed by atoms with E-state index in [1.54, 1.807) is 6.20 Å². The average Bonchev–Trinajstić information content (AvgIpc) is 2.82. The van der Waals surface area contributed by atoms with Crippen LogP contribution in [0.15, 0.2) is 6.20 Å². The van der Waals surface area contributed by atoms with Crippen molar-refractivity contribution in [3.05, 3.63) is 17.5 Å². The maximum atomic E-state index is 12.1. The zero-order valence-electron chi connectivity index (χ0n) is 10.3. The largest absolute Gasteiger partial charge is 0.381 e. The SMILES string of the molecule is Cc1[nH]ncc1CNC(=O)C1(C#N)CCOCC1. The van der Waals surface area contributed by atoms with Gasteiger partial charge in [0, 0.05) is 31.0 Å². The molecule has 0 aromatic carbocycles. The minimum atomic E-state index is -0.935. The normalized spacial score (nSPS) is 18.0. The first-order valence-electron chi connectivity index (χ1n) is 5.94. The Morgan fingerprint density at radius 2 is 2.39 bits per heavy atom. The summed E-state index contributed by atoms with van der Waals surface area (Å²) in [6, 6.07) is 2.15. The van der Waals surface area contributed by atoms with Crippen molar-refractivity contribution in [1.82, 2.24) is 15.5 Å². The molecular weight excluding hydrogens is 232 g/mol. The lowest BCUT2D eigenvalue weighted by Gasteiger charge is -2.29. The Morgan fingerprint density at radius 1 is 1.67 bits per heavy atom. The van der Waals surface area contributed by atoms with Crippen molar-refractivity contribution >= 4 is 5.91 Å². The van der Waals surface area contributed by atoms with Crippen LogP contribution in [0, 0.1) is 23.7 Å². The quantitative estimate of drug-likeness (QED) is 0.821. The Bertz CT molecular complexity index is 469. The van der Waals surface area contributed by atoms with E-state index in [-0.39, 0.29) is 5.91 Å². The van der Waals surface area contributed by atoms with E-state index in [4.69, 9.17) is 4.74 Å². The van der Waals surface area contributed by atoms with Gasteiger partial charge in [0.25, 0.3) is 0 Å². The zero-order valence-corrected chi connectivity index (χ0v) is 10.3. The van der Waals surface area contributed by atoms with Gasteiger partial charge in [-0.2, -0.15) is 10.4 Å². The Morgan fingerprint density at radius 3 is 2.94 bits per heavy atom. The van der Waals surface area contributed by atoms with Crippen molar-refractivity contribution in [1.29, 1.82) is 5.26 Å². The number of hydrogen-bond acceptors (Lipinski definition) is 4. The van der Waals surface area contributed by atoms with Gasteiger partial charge in [0.05, 0.1) is 12.3 Å². The summed E-state index contributed by atoms with van der Waals surface area (Å²) in [6.07, 6.45) is 2.60. The summed E-state index contributed by atoms with van der Waals surface area (Å²) in [5.74, 6) is -0.214. The number of H-pyrrole nitrogens is 1. The first kappa shape index (κ1) is 12.6. The van der Waals surface area contributed by atoms with Crippen LogP contribution in [0.1, 0.15) is 24.1 Å². The van der Waals surface area contributed by atoms with E-state index >= 15 is 0 Å². The highest BCUT2D eigenvalue weighted by Gasteiger charge is 2.40. The molecule has 1 amide bonds. The fraction of sp³-hybridized carbons (Fsp3) is 0.583. The van der Waals surface area contributed by atoms with Crippen molar-refractivity contribution in [3.8, 4) is 6.07 Å². The molecule has 0 aliphatic carbocycles. The number of nitrogens with one attached hydrogen (secondary N) is 2. The van der Waals surface area contributed by atoms with Gasteiger partial charge in [0.15, 0.2) is 0 Å². The van der Waals surface area contributed by atoms with Crippen molar-refractivity contribution in [2.45, 2.75) is 26.3 Å². The Kier molecular flexibility index (Phi) is 3.63. The van der Waals surface area contributed by atoms with Crippen molar-refractivity contribution in [2.24, 2.45) is 5.41 Å². The molecule has 96 valence electrons. The molecule has 1 aliphatic rings. The predicted octanol–water partition coefficient (Wildman–Crippen LogP) is 0.655. The van der Waals surface area contributed by atoms with Crippen LogP contribution in [0.3, 0.4) is 0 Å². The Hall–Kier alpha value is -1.87. The molecule has 2 heterocycles. The molecule has 0 atom stereocenters. The average molecular weight is 248 g/mol. The molecule has 18 heavy (non-hydrogen) atoms. The summed E-state index contributed by atoms with van der Waals surface area (Å²) in [5, 5.41) is 18.7. The van der Waals surface area contributed by atoms with E-state index in [1.165, 1.54) is 0 Å². The van der Waals surface area contributed by atoms with Crippen molar-refractivity contribution < 1.29 is 9.53 Å². The maximum Gasteiger partial charge on any atom is 0.240 e. The monoisotopic (exact) mass is 248 g/mol. The molecule has 1 fully saturated rings. The first-order valence-corrected chi connectivity index (χ1v) is 5.94. The lowest BCUT2D eigenvalue weighted by Crippen LogP contribution is -2.43. The number of nitrogens with zero attached hydrogens (tertiary/aromatic N) is 2. The molecule has 0 saturated carbocycles. The van der Waals surface area contributed by atoms with E-state index < -0.39 is 5.41 Å². The summed E-state index contributed by atoms with van der Waals surface area (Å²) in [7, 11) is 0. The van der Waals surface area contributed by atoms with E-state index in [0.717, 1.165) is 11.3 Å². The molecule has 1 aromatic heterocycles. The van der Waals surface area contributed by atoms with Gasteiger partial charge in [-0.3, -0.25) is 9.89 Å². The number of aryl methyl sites for hydroxylation is 1. The predicted molar refractivity (Wildman–Crippen MR) is 63.3 cm³/mol. The Labute approximate surface area is 105 Å². The highest BCUT2D eigenvalue weighted by atomic mass is 16.5. The van der Waals surface area contributed by atoms with E-state index in [0.29, 0.717) is 32.6 Å². The summed E-state index contributed by atoms with van der Waals surface area (Å²) in [5.41, 5.74) is 0.924. The van der Waals surface area contributed by atoms with Gasteiger partial charge >= 0.3 is 0 Å². The molecule has 1 aliphatic heterocycles. The number of carbonyl (C=O) groups is 1. The first-order chi connectivity index (χ1) is 8.68. The second-order valence-corrected chi connectivity index (χ2v) is 4.51. The van der Waals surface area contributed by atoms with E-state index in [2.05, 4.69) is 21.6 Å². The number of amides is 1. The number of aromatic nitrogens is 2. The van der Waals surface area contributed by atoms with Crippen LogP contribution < -0.4 is 5.32 Å². The topological polar surface area (TPSA) is 90.8 Å². The van der Waals surface area contributed by atoms with Gasteiger partial charge in [-0.15, -0.1) is 0 Å². The van der Waals surface area contributed by atoms with Gasteiger partial charge < -0.3 is 10.1 Å². The zero-order chi connectivity index (χ0) is 13.0. The molecule has 2 N–H and O–H groups in total. The minimum absolute atomic E-state index is 0.214. The highest BCUT2D eigenvalue weighted by molar-refractivity contribution is 5.85. The van der Waals surface area contributed by atoms with Crippen LogP contribution in [0.2, 0.25) is 0 Å². The third kappa shape index (κ3) is 2.36. The Balaban J connectivity index is 1.99. The second-order valence-electron chi connectivity index (χ2n) is 4.51. The van der Waals surface area contributed by atoms with Crippen LogP contribution in [0.4, 0.5) is 0 Å². The molecule has 6 heteroatoms. The molecule has 0 bridgehead atoms. The minimum Gasteiger partial charge on any atom is -0.381 e. The number of ether oxygens (including phenoxy) is 1. The van der Waals surface area contributed by atoms with Gasteiger partial charge in [-0.1, -0.05) is 0 Å². The lowest BCUT2D eigenvalue weighted by molar-refractivity contribution is -0.132. The molecule has 0 spiro atoms. The summed E-state index contributed by atoms with van der Waals surface area (Å²) >= 11 is 0. The van der Waals surface area contributed by atoms with Gasteiger partial charge in [-0.05, 0) is 19.8 Å². The summed E-state index contributed by atoms with van der Waals surface area (Å²) in [6.45, 7) is 3.21. The second kappa shape index (κ2) is 5.19. The van der Waals surface area contributed by atoms with Crippen LogP contribution in [0.5, 0.6) is 0 Å². The van der Waals surface area contributed by atoms with E-state index in [1.807, 2.05) is 6.92 Å². The number of hydrogen-bond donors (Lipinski definition) is 2.